The number of hydrogen-bond acceptors (Lipinski definition) is 2. The average molecular weight is 203 g/mol. The molecule has 0 spiro atoms. The molecule has 1 rings (SSSR count). The first-order valence-corrected chi connectivity index (χ1v) is 5.97. The lowest BCUT2D eigenvalue weighted by Crippen LogP contribution is -2.30. The molecule has 0 bridgehead atoms. The van der Waals surface area contributed by atoms with Gasteiger partial charge in [0.25, 0.3) is 0 Å². The Morgan fingerprint density at radius 1 is 1.69 bits per heavy atom. The third kappa shape index (κ3) is 4.67. The molecule has 0 aromatic rings. The van der Waals surface area contributed by atoms with Crippen molar-refractivity contribution in [3.63, 3.8) is 0 Å². The lowest BCUT2D eigenvalue weighted by Gasteiger charge is -2.25. The molecule has 1 fully saturated rings. The molecule has 1 saturated heterocycles. The minimum atomic E-state index is 0.545. The van der Waals surface area contributed by atoms with Crippen LogP contribution in [0.1, 0.15) is 19.8 Å². The Bertz CT molecular complexity index is 172. The van der Waals surface area contributed by atoms with Crippen molar-refractivity contribution in [1.82, 2.24) is 5.12 Å². The Balaban J connectivity index is 2.10. The highest BCUT2D eigenvalue weighted by molar-refractivity contribution is 7.99. The van der Waals surface area contributed by atoms with Gasteiger partial charge in [0.2, 0.25) is 0 Å². The molecule has 0 aliphatic carbocycles. The van der Waals surface area contributed by atoms with Crippen molar-refractivity contribution >= 4 is 11.8 Å². The van der Waals surface area contributed by atoms with Crippen LogP contribution in [0, 0.1) is 5.92 Å². The van der Waals surface area contributed by atoms with Gasteiger partial charge in [-0.3, -0.25) is 0 Å². The van der Waals surface area contributed by atoms with Crippen LogP contribution in [0.25, 0.3) is 0 Å². The molecular formula is C10H18FNS. The predicted molar refractivity (Wildman–Crippen MR) is 57.5 cm³/mol. The van der Waals surface area contributed by atoms with E-state index in [1.807, 2.05) is 18.7 Å². The van der Waals surface area contributed by atoms with Crippen molar-refractivity contribution in [1.29, 1.82) is 0 Å². The molecule has 1 aliphatic rings. The molecule has 76 valence electrons. The van der Waals surface area contributed by atoms with Crippen LogP contribution in [0.4, 0.5) is 4.48 Å². The summed E-state index contributed by atoms with van der Waals surface area (Å²) >= 11 is 1.88. The molecule has 0 saturated carbocycles. The molecule has 3 heteroatoms. The molecule has 1 unspecified atom stereocenters. The van der Waals surface area contributed by atoms with Crippen LogP contribution in [0.2, 0.25) is 0 Å². The highest BCUT2D eigenvalue weighted by Gasteiger charge is 2.18. The molecule has 0 amide bonds. The number of thioether (sulfide) groups is 1. The topological polar surface area (TPSA) is 3.24 Å². The van der Waals surface area contributed by atoms with E-state index in [-0.39, 0.29) is 0 Å². The maximum absolute atomic E-state index is 12.8. The molecule has 1 nitrogen and oxygen atoms in total. The van der Waals surface area contributed by atoms with Crippen LogP contribution in [0.5, 0.6) is 0 Å². The summed E-state index contributed by atoms with van der Waals surface area (Å²) in [5.74, 6) is 2.64. The van der Waals surface area contributed by atoms with Crippen molar-refractivity contribution in [2.24, 2.45) is 5.92 Å². The van der Waals surface area contributed by atoms with E-state index in [2.05, 4.69) is 6.58 Å². The zero-order chi connectivity index (χ0) is 9.68. The first kappa shape index (κ1) is 11.1. The van der Waals surface area contributed by atoms with Crippen molar-refractivity contribution in [3.05, 3.63) is 12.2 Å². The van der Waals surface area contributed by atoms with E-state index in [9.17, 15) is 4.48 Å². The van der Waals surface area contributed by atoms with E-state index in [1.165, 1.54) is 12.0 Å². The Labute approximate surface area is 84.3 Å². The standard InChI is InChI=1S/C10H18FNS/c1-9(2)7-13-8-10-4-3-5-12(11)6-10/h10H,1,3-8H2,2H3. The maximum Gasteiger partial charge on any atom is 0.0326 e. The molecular weight excluding hydrogens is 185 g/mol. The SMILES string of the molecule is C=C(C)CSCC1CCCN(F)C1. The van der Waals surface area contributed by atoms with Crippen LogP contribution in [0.15, 0.2) is 12.2 Å². The van der Waals surface area contributed by atoms with E-state index in [0.717, 1.165) is 23.0 Å². The van der Waals surface area contributed by atoms with Crippen LogP contribution < -0.4 is 0 Å². The number of hydrogen-bond donors (Lipinski definition) is 0. The second-order valence-electron chi connectivity index (χ2n) is 3.85. The molecule has 0 N–H and O–H groups in total. The number of nitrogens with zero attached hydrogens (tertiary/aromatic N) is 1. The highest BCUT2D eigenvalue weighted by Crippen LogP contribution is 2.21. The fourth-order valence-electron chi connectivity index (χ4n) is 1.55. The van der Waals surface area contributed by atoms with Gasteiger partial charge in [-0.1, -0.05) is 12.2 Å². The molecule has 1 aliphatic heterocycles. The third-order valence-electron chi connectivity index (χ3n) is 2.17. The summed E-state index contributed by atoms with van der Waals surface area (Å²) in [7, 11) is 0. The van der Waals surface area contributed by atoms with Gasteiger partial charge in [0, 0.05) is 18.8 Å². The normalized spacial score (nSPS) is 24.6. The lowest BCUT2D eigenvalue weighted by atomic mass is 10.0. The summed E-state index contributed by atoms with van der Waals surface area (Å²) in [6, 6.07) is 0. The van der Waals surface area contributed by atoms with Crippen molar-refractivity contribution in [2.75, 3.05) is 24.6 Å². The minimum Gasteiger partial charge on any atom is -0.157 e. The second kappa shape index (κ2) is 5.66. The zero-order valence-electron chi connectivity index (χ0n) is 8.26. The smallest absolute Gasteiger partial charge is 0.0326 e. The van der Waals surface area contributed by atoms with E-state index < -0.39 is 0 Å². The summed E-state index contributed by atoms with van der Waals surface area (Å²) in [6.07, 6.45) is 2.19. The Hall–Kier alpha value is -0.0200. The molecule has 0 aromatic carbocycles. The van der Waals surface area contributed by atoms with Gasteiger partial charge in [-0.05, 0) is 31.4 Å². The van der Waals surface area contributed by atoms with Crippen LogP contribution in [-0.2, 0) is 0 Å². The van der Waals surface area contributed by atoms with Gasteiger partial charge in [-0.15, -0.1) is 9.60 Å². The lowest BCUT2D eigenvalue weighted by molar-refractivity contribution is -0.0116. The molecule has 1 atom stereocenters. The van der Waals surface area contributed by atoms with Gasteiger partial charge in [0.05, 0.1) is 0 Å². The van der Waals surface area contributed by atoms with Gasteiger partial charge >= 0.3 is 0 Å². The van der Waals surface area contributed by atoms with Gasteiger partial charge in [-0.2, -0.15) is 11.8 Å². The quantitative estimate of drug-likeness (QED) is 0.510. The summed E-state index contributed by atoms with van der Waals surface area (Å²) < 4.78 is 12.8. The monoisotopic (exact) mass is 203 g/mol. The first-order valence-electron chi connectivity index (χ1n) is 4.81. The molecule has 0 radical (unpaired) electrons. The third-order valence-corrected chi connectivity index (χ3v) is 3.58. The number of rotatable bonds is 4. The van der Waals surface area contributed by atoms with E-state index in [0.29, 0.717) is 19.0 Å². The Morgan fingerprint density at radius 3 is 3.08 bits per heavy atom. The molecule has 0 aromatic heterocycles. The number of halogens is 1. The van der Waals surface area contributed by atoms with Gasteiger partial charge in [0.1, 0.15) is 0 Å². The van der Waals surface area contributed by atoms with Crippen LogP contribution in [-0.4, -0.2) is 29.7 Å². The van der Waals surface area contributed by atoms with Crippen LogP contribution >= 0.6 is 11.8 Å². The highest BCUT2D eigenvalue weighted by atomic mass is 32.2. The Morgan fingerprint density at radius 2 is 2.46 bits per heavy atom. The van der Waals surface area contributed by atoms with Crippen molar-refractivity contribution < 1.29 is 4.48 Å². The number of piperidine rings is 1. The summed E-state index contributed by atoms with van der Waals surface area (Å²) in [5.41, 5.74) is 1.21. The van der Waals surface area contributed by atoms with Gasteiger partial charge in [-0.25, -0.2) is 0 Å². The van der Waals surface area contributed by atoms with E-state index >= 15 is 0 Å². The minimum absolute atomic E-state index is 0.545. The van der Waals surface area contributed by atoms with Gasteiger partial charge < -0.3 is 0 Å². The van der Waals surface area contributed by atoms with E-state index in [4.69, 9.17) is 0 Å². The first-order chi connectivity index (χ1) is 6.18. The van der Waals surface area contributed by atoms with Gasteiger partial charge in [0.15, 0.2) is 0 Å². The maximum atomic E-state index is 12.8. The molecule has 1 heterocycles. The zero-order valence-corrected chi connectivity index (χ0v) is 9.08. The van der Waals surface area contributed by atoms with E-state index in [1.54, 1.807) is 0 Å². The molecule has 13 heavy (non-hydrogen) atoms. The Kier molecular flexibility index (Phi) is 4.81. The second-order valence-corrected chi connectivity index (χ2v) is 4.88. The fourth-order valence-corrected chi connectivity index (χ4v) is 2.62. The average Bonchev–Trinajstić information content (AvgIpc) is 2.03. The predicted octanol–water partition coefficient (Wildman–Crippen LogP) is 2.89. The fraction of sp³-hybridized carbons (Fsp3) is 0.800. The summed E-state index contributed by atoms with van der Waals surface area (Å²) in [6.45, 7) is 7.14. The van der Waals surface area contributed by atoms with Crippen molar-refractivity contribution in [3.8, 4) is 0 Å². The largest absolute Gasteiger partial charge is 0.157 e. The summed E-state index contributed by atoms with van der Waals surface area (Å²) in [4.78, 5) is 0. The van der Waals surface area contributed by atoms with Crippen LogP contribution in [0.3, 0.4) is 0 Å². The van der Waals surface area contributed by atoms with Crippen molar-refractivity contribution in [2.45, 2.75) is 19.8 Å². The summed E-state index contributed by atoms with van der Waals surface area (Å²) in [5, 5.41) is 0.954.